The Labute approximate surface area is 78.4 Å². The van der Waals surface area contributed by atoms with Crippen LogP contribution in [0.5, 0.6) is 0 Å². The van der Waals surface area contributed by atoms with Crippen LogP contribution in [0.2, 0.25) is 19.1 Å². The highest BCUT2D eigenvalue weighted by atomic mass is 28.3. The second kappa shape index (κ2) is 3.53. The lowest BCUT2D eigenvalue weighted by atomic mass is 9.87. The van der Waals surface area contributed by atoms with Crippen LogP contribution in [-0.2, 0) is 0 Å². The SMILES string of the molecule is C[Si](C)CCC1CC2CCC1C2. The molecular weight excluding hydrogens is 160 g/mol. The molecule has 0 saturated heterocycles. The van der Waals surface area contributed by atoms with Crippen molar-refractivity contribution in [3.8, 4) is 0 Å². The molecule has 0 aliphatic heterocycles. The minimum absolute atomic E-state index is 0.0619. The lowest BCUT2D eigenvalue weighted by Crippen LogP contribution is -2.12. The van der Waals surface area contributed by atoms with Crippen LogP contribution in [0.3, 0.4) is 0 Å². The quantitative estimate of drug-likeness (QED) is 0.584. The van der Waals surface area contributed by atoms with Gasteiger partial charge in [0.2, 0.25) is 0 Å². The van der Waals surface area contributed by atoms with E-state index in [0.717, 1.165) is 17.8 Å². The van der Waals surface area contributed by atoms with E-state index in [-0.39, 0.29) is 8.80 Å². The smallest absolute Gasteiger partial charge is 0.0413 e. The third-order valence-corrected chi connectivity index (χ3v) is 5.19. The third-order valence-electron chi connectivity index (χ3n) is 3.90. The second-order valence-corrected chi connectivity index (χ2v) is 8.09. The molecule has 0 spiro atoms. The third kappa shape index (κ3) is 1.76. The first-order valence-corrected chi connectivity index (χ1v) is 8.25. The van der Waals surface area contributed by atoms with Gasteiger partial charge >= 0.3 is 0 Å². The van der Waals surface area contributed by atoms with Gasteiger partial charge in [0.15, 0.2) is 0 Å². The van der Waals surface area contributed by atoms with Gasteiger partial charge in [-0.15, -0.1) is 0 Å². The molecule has 0 aromatic rings. The number of fused-ring (bicyclic) bond motifs is 2. The van der Waals surface area contributed by atoms with Crippen molar-refractivity contribution in [3.05, 3.63) is 0 Å². The van der Waals surface area contributed by atoms with E-state index in [1.54, 1.807) is 38.1 Å². The lowest BCUT2D eigenvalue weighted by Gasteiger charge is -2.21. The van der Waals surface area contributed by atoms with Gasteiger partial charge < -0.3 is 0 Å². The summed E-state index contributed by atoms with van der Waals surface area (Å²) in [6.07, 6.45) is 7.91. The van der Waals surface area contributed by atoms with Crippen molar-refractivity contribution >= 4 is 8.80 Å². The van der Waals surface area contributed by atoms with Crippen LogP contribution >= 0.6 is 0 Å². The molecule has 2 saturated carbocycles. The molecule has 0 aromatic carbocycles. The predicted molar refractivity (Wildman–Crippen MR) is 55.8 cm³/mol. The van der Waals surface area contributed by atoms with Gasteiger partial charge in [0.25, 0.3) is 0 Å². The zero-order chi connectivity index (χ0) is 8.55. The fraction of sp³-hybridized carbons (Fsp3) is 1.00. The molecular formula is C11H21Si. The van der Waals surface area contributed by atoms with Gasteiger partial charge in [-0.1, -0.05) is 32.0 Å². The van der Waals surface area contributed by atoms with E-state index in [9.17, 15) is 0 Å². The van der Waals surface area contributed by atoms with Crippen molar-refractivity contribution < 1.29 is 0 Å². The van der Waals surface area contributed by atoms with Crippen LogP contribution < -0.4 is 0 Å². The van der Waals surface area contributed by atoms with Gasteiger partial charge in [0, 0.05) is 8.80 Å². The van der Waals surface area contributed by atoms with Gasteiger partial charge in [-0.2, -0.15) is 0 Å². The number of rotatable bonds is 3. The largest absolute Gasteiger partial charge is 0.0713 e. The fourth-order valence-corrected chi connectivity index (χ4v) is 4.15. The highest BCUT2D eigenvalue weighted by molar-refractivity contribution is 6.55. The monoisotopic (exact) mass is 181 g/mol. The highest BCUT2D eigenvalue weighted by Gasteiger charge is 2.38. The minimum atomic E-state index is 0.0619. The van der Waals surface area contributed by atoms with Crippen molar-refractivity contribution in [2.75, 3.05) is 0 Å². The molecule has 3 atom stereocenters. The van der Waals surface area contributed by atoms with E-state index < -0.39 is 0 Å². The van der Waals surface area contributed by atoms with Crippen molar-refractivity contribution in [1.29, 1.82) is 0 Å². The minimum Gasteiger partial charge on any atom is -0.0713 e. The van der Waals surface area contributed by atoms with Crippen LogP contribution in [0.15, 0.2) is 0 Å². The molecule has 0 heterocycles. The normalized spacial score (nSPS) is 39.8. The van der Waals surface area contributed by atoms with Gasteiger partial charge in [0.05, 0.1) is 0 Å². The maximum atomic E-state index is 2.46. The van der Waals surface area contributed by atoms with Crippen molar-refractivity contribution in [1.82, 2.24) is 0 Å². The Kier molecular flexibility index (Phi) is 2.59. The zero-order valence-corrected chi connectivity index (χ0v) is 9.47. The molecule has 2 rings (SSSR count). The molecule has 3 unspecified atom stereocenters. The van der Waals surface area contributed by atoms with Gasteiger partial charge in [-0.25, -0.2) is 0 Å². The van der Waals surface area contributed by atoms with Crippen molar-refractivity contribution in [2.24, 2.45) is 17.8 Å². The van der Waals surface area contributed by atoms with E-state index in [1.807, 2.05) is 0 Å². The predicted octanol–water partition coefficient (Wildman–Crippen LogP) is 3.57. The molecule has 2 fully saturated rings. The first-order valence-electron chi connectivity index (χ1n) is 5.54. The summed E-state index contributed by atoms with van der Waals surface area (Å²) >= 11 is 0. The molecule has 12 heavy (non-hydrogen) atoms. The summed E-state index contributed by atoms with van der Waals surface area (Å²) in [7, 11) is 0.0619. The molecule has 0 nitrogen and oxygen atoms in total. The molecule has 0 N–H and O–H groups in total. The van der Waals surface area contributed by atoms with Crippen molar-refractivity contribution in [2.45, 2.75) is 51.2 Å². The Morgan fingerprint density at radius 3 is 2.50 bits per heavy atom. The van der Waals surface area contributed by atoms with E-state index >= 15 is 0 Å². The molecule has 2 bridgehead atoms. The average Bonchev–Trinajstić information content (AvgIpc) is 2.60. The van der Waals surface area contributed by atoms with Gasteiger partial charge in [-0.05, 0) is 37.0 Å². The summed E-state index contributed by atoms with van der Waals surface area (Å²) < 4.78 is 0. The number of hydrogen-bond acceptors (Lipinski definition) is 0. The first kappa shape index (κ1) is 8.80. The van der Waals surface area contributed by atoms with Crippen LogP contribution in [0.25, 0.3) is 0 Å². The second-order valence-electron chi connectivity index (χ2n) is 5.18. The molecule has 2 aliphatic carbocycles. The highest BCUT2D eigenvalue weighted by Crippen LogP contribution is 2.49. The Balaban J connectivity index is 1.76. The van der Waals surface area contributed by atoms with Crippen LogP contribution in [0.4, 0.5) is 0 Å². The van der Waals surface area contributed by atoms with E-state index in [0.29, 0.717) is 0 Å². The van der Waals surface area contributed by atoms with Gasteiger partial charge in [-0.3, -0.25) is 0 Å². The molecule has 0 amide bonds. The Bertz CT molecular complexity index is 153. The molecule has 2 aliphatic rings. The molecule has 1 radical (unpaired) electrons. The maximum absolute atomic E-state index is 2.46. The van der Waals surface area contributed by atoms with Crippen molar-refractivity contribution in [3.63, 3.8) is 0 Å². The zero-order valence-electron chi connectivity index (χ0n) is 8.47. The maximum Gasteiger partial charge on any atom is 0.0413 e. The lowest BCUT2D eigenvalue weighted by molar-refractivity contribution is 0.324. The average molecular weight is 181 g/mol. The summed E-state index contributed by atoms with van der Waals surface area (Å²) in [6.45, 7) is 4.91. The first-order chi connectivity index (χ1) is 5.75. The molecule has 0 aromatic heterocycles. The van der Waals surface area contributed by atoms with E-state index in [4.69, 9.17) is 0 Å². The molecule has 1 heteroatoms. The summed E-state index contributed by atoms with van der Waals surface area (Å²) in [5.41, 5.74) is 0. The Hall–Kier alpha value is 0.217. The Morgan fingerprint density at radius 1 is 1.17 bits per heavy atom. The summed E-state index contributed by atoms with van der Waals surface area (Å²) in [5, 5.41) is 0. The number of hydrogen-bond donors (Lipinski definition) is 0. The van der Waals surface area contributed by atoms with E-state index in [1.165, 1.54) is 0 Å². The van der Waals surface area contributed by atoms with Gasteiger partial charge in [0.1, 0.15) is 0 Å². The van der Waals surface area contributed by atoms with Crippen LogP contribution in [-0.4, -0.2) is 8.80 Å². The standard InChI is InChI=1S/C11H21Si/c1-12(2)6-5-11-8-9-3-4-10(11)7-9/h9-11H,3-8H2,1-2H3. The Morgan fingerprint density at radius 2 is 2.00 bits per heavy atom. The topological polar surface area (TPSA) is 0 Å². The van der Waals surface area contributed by atoms with Crippen LogP contribution in [0, 0.1) is 17.8 Å². The van der Waals surface area contributed by atoms with E-state index in [2.05, 4.69) is 13.1 Å². The molecule has 69 valence electrons. The summed E-state index contributed by atoms with van der Waals surface area (Å²) in [6, 6.07) is 1.57. The summed E-state index contributed by atoms with van der Waals surface area (Å²) in [5.74, 6) is 3.48. The fourth-order valence-electron chi connectivity index (χ4n) is 3.20. The summed E-state index contributed by atoms with van der Waals surface area (Å²) in [4.78, 5) is 0. The van der Waals surface area contributed by atoms with Crippen LogP contribution in [0.1, 0.15) is 32.1 Å².